The monoisotopic (exact) mass is 264 g/mol. The minimum absolute atomic E-state index is 0.117. The first-order valence-electron chi connectivity index (χ1n) is 6.04. The van der Waals surface area contributed by atoms with Gasteiger partial charge in [-0.2, -0.15) is 0 Å². The van der Waals surface area contributed by atoms with Crippen molar-refractivity contribution in [3.05, 3.63) is 0 Å². The molecule has 0 bridgehead atoms. The van der Waals surface area contributed by atoms with E-state index in [4.69, 9.17) is 5.11 Å². The Morgan fingerprint density at radius 3 is 2.29 bits per heavy atom. The van der Waals surface area contributed by atoms with Gasteiger partial charge in [0, 0.05) is 37.7 Å². The summed E-state index contributed by atoms with van der Waals surface area (Å²) < 4.78 is 24.2. The fraction of sp³-hybridized carbons (Fsp3) is 1.00. The summed E-state index contributed by atoms with van der Waals surface area (Å²) in [6, 6.07) is 0.360. The van der Waals surface area contributed by atoms with Gasteiger partial charge in [-0.25, -0.2) is 12.7 Å². The Bertz CT molecular complexity index is 333. The van der Waals surface area contributed by atoms with Crippen LogP contribution in [0.5, 0.6) is 0 Å². The van der Waals surface area contributed by atoms with Crippen molar-refractivity contribution in [2.75, 3.05) is 32.5 Å². The fourth-order valence-electron chi connectivity index (χ4n) is 1.87. The zero-order valence-corrected chi connectivity index (χ0v) is 11.8. The molecule has 1 heterocycles. The number of aliphatic hydroxyl groups is 1. The molecule has 0 radical (unpaired) electrons. The van der Waals surface area contributed by atoms with E-state index >= 15 is 0 Å². The molecular weight excluding hydrogens is 240 g/mol. The summed E-state index contributed by atoms with van der Waals surface area (Å²) in [5.41, 5.74) is -0.117. The van der Waals surface area contributed by atoms with E-state index in [1.54, 1.807) is 0 Å². The van der Waals surface area contributed by atoms with Gasteiger partial charge in [0.05, 0.1) is 6.26 Å². The van der Waals surface area contributed by atoms with E-state index in [1.807, 2.05) is 13.8 Å². The first kappa shape index (κ1) is 14.9. The zero-order chi connectivity index (χ0) is 13.1. The van der Waals surface area contributed by atoms with Crippen LogP contribution in [-0.4, -0.2) is 56.4 Å². The molecule has 2 N–H and O–H groups in total. The van der Waals surface area contributed by atoms with Gasteiger partial charge in [-0.1, -0.05) is 13.8 Å². The smallest absolute Gasteiger partial charge is 0.211 e. The normalized spacial score (nSPS) is 20.7. The minimum atomic E-state index is -3.03. The lowest BCUT2D eigenvalue weighted by Gasteiger charge is -2.33. The number of aliphatic hydroxyl groups excluding tert-OH is 1. The van der Waals surface area contributed by atoms with Gasteiger partial charge in [0.15, 0.2) is 0 Å². The first-order chi connectivity index (χ1) is 7.74. The molecule has 1 fully saturated rings. The Morgan fingerprint density at radius 2 is 1.88 bits per heavy atom. The van der Waals surface area contributed by atoms with Crippen molar-refractivity contribution in [3.8, 4) is 0 Å². The van der Waals surface area contributed by atoms with E-state index in [0.717, 1.165) is 19.4 Å². The van der Waals surface area contributed by atoms with Crippen molar-refractivity contribution >= 4 is 10.0 Å². The minimum Gasteiger partial charge on any atom is -0.396 e. The van der Waals surface area contributed by atoms with E-state index in [-0.39, 0.29) is 12.0 Å². The molecule has 1 aliphatic rings. The molecule has 102 valence electrons. The third-order valence-corrected chi connectivity index (χ3v) is 4.52. The van der Waals surface area contributed by atoms with Crippen molar-refractivity contribution in [2.45, 2.75) is 32.7 Å². The lowest BCUT2D eigenvalue weighted by Crippen LogP contribution is -2.47. The summed E-state index contributed by atoms with van der Waals surface area (Å²) >= 11 is 0. The van der Waals surface area contributed by atoms with Gasteiger partial charge < -0.3 is 10.4 Å². The second-order valence-electron chi connectivity index (χ2n) is 5.64. The number of rotatable bonds is 5. The van der Waals surface area contributed by atoms with Crippen molar-refractivity contribution in [3.63, 3.8) is 0 Å². The van der Waals surface area contributed by atoms with Crippen LogP contribution in [0, 0.1) is 5.41 Å². The van der Waals surface area contributed by atoms with E-state index in [1.165, 1.54) is 10.6 Å². The van der Waals surface area contributed by atoms with Crippen molar-refractivity contribution in [1.29, 1.82) is 0 Å². The molecule has 0 aromatic carbocycles. The highest BCUT2D eigenvalue weighted by Crippen LogP contribution is 2.16. The summed E-state index contributed by atoms with van der Waals surface area (Å²) in [5.74, 6) is 0. The van der Waals surface area contributed by atoms with E-state index in [0.29, 0.717) is 19.1 Å². The molecule has 6 heteroatoms. The maximum absolute atomic E-state index is 11.3. The number of sulfonamides is 1. The van der Waals surface area contributed by atoms with Crippen LogP contribution in [0.2, 0.25) is 0 Å². The molecule has 0 aromatic heterocycles. The maximum atomic E-state index is 11.3. The molecule has 5 nitrogen and oxygen atoms in total. The molecule has 0 amide bonds. The third-order valence-electron chi connectivity index (χ3n) is 3.22. The molecule has 0 spiro atoms. The average molecular weight is 264 g/mol. The fourth-order valence-corrected chi connectivity index (χ4v) is 2.74. The molecular formula is C11H24N2O3S. The molecule has 1 rings (SSSR count). The third kappa shape index (κ3) is 4.91. The molecule has 0 atom stereocenters. The van der Waals surface area contributed by atoms with Crippen LogP contribution in [0.1, 0.15) is 26.7 Å². The Kier molecular flexibility index (Phi) is 4.95. The Hall–Kier alpha value is -0.170. The maximum Gasteiger partial charge on any atom is 0.211 e. The van der Waals surface area contributed by atoms with E-state index in [9.17, 15) is 8.42 Å². The van der Waals surface area contributed by atoms with Crippen LogP contribution < -0.4 is 5.32 Å². The van der Waals surface area contributed by atoms with Crippen molar-refractivity contribution < 1.29 is 13.5 Å². The summed E-state index contributed by atoms with van der Waals surface area (Å²) in [7, 11) is -3.03. The Labute approximate surface area is 104 Å². The summed E-state index contributed by atoms with van der Waals surface area (Å²) in [6.07, 6.45) is 2.94. The first-order valence-corrected chi connectivity index (χ1v) is 7.89. The molecule has 0 saturated carbocycles. The van der Waals surface area contributed by atoms with Crippen molar-refractivity contribution in [2.24, 2.45) is 5.41 Å². The zero-order valence-electron chi connectivity index (χ0n) is 10.9. The van der Waals surface area contributed by atoms with Crippen LogP contribution in [0.25, 0.3) is 0 Å². The van der Waals surface area contributed by atoms with Gasteiger partial charge in [-0.15, -0.1) is 0 Å². The predicted octanol–water partition coefficient (Wildman–Crippen LogP) is 0.0185. The second kappa shape index (κ2) is 5.65. The summed E-state index contributed by atoms with van der Waals surface area (Å²) in [4.78, 5) is 0. The highest BCUT2D eigenvalue weighted by molar-refractivity contribution is 7.88. The average Bonchev–Trinajstić information content (AvgIpc) is 2.26. The molecule has 1 aliphatic heterocycles. The largest absolute Gasteiger partial charge is 0.396 e. The standard InChI is InChI=1S/C11H24N2O3S/c1-11(2,9-14)8-12-10-4-6-13(7-5-10)17(3,15)16/h10,12,14H,4-9H2,1-3H3. The van der Waals surface area contributed by atoms with Gasteiger partial charge in [-0.05, 0) is 12.8 Å². The Morgan fingerprint density at radius 1 is 1.35 bits per heavy atom. The molecule has 0 aromatic rings. The highest BCUT2D eigenvalue weighted by Gasteiger charge is 2.26. The number of hydrogen-bond acceptors (Lipinski definition) is 4. The van der Waals surface area contributed by atoms with Gasteiger partial charge in [-0.3, -0.25) is 0 Å². The molecule has 0 unspecified atom stereocenters. The van der Waals surface area contributed by atoms with Crippen LogP contribution in [0.4, 0.5) is 0 Å². The summed E-state index contributed by atoms with van der Waals surface area (Å²) in [6.45, 7) is 6.11. The highest BCUT2D eigenvalue weighted by atomic mass is 32.2. The lowest BCUT2D eigenvalue weighted by atomic mass is 9.94. The molecule has 17 heavy (non-hydrogen) atoms. The number of nitrogens with zero attached hydrogens (tertiary/aromatic N) is 1. The lowest BCUT2D eigenvalue weighted by molar-refractivity contribution is 0.148. The SMILES string of the molecule is CC(C)(CO)CNC1CCN(S(C)(=O)=O)CC1. The van der Waals surface area contributed by atoms with E-state index in [2.05, 4.69) is 5.32 Å². The second-order valence-corrected chi connectivity index (χ2v) is 7.62. The topological polar surface area (TPSA) is 69.6 Å². The molecule has 1 saturated heterocycles. The predicted molar refractivity (Wildman–Crippen MR) is 68.3 cm³/mol. The van der Waals surface area contributed by atoms with Crippen LogP contribution >= 0.6 is 0 Å². The van der Waals surface area contributed by atoms with Gasteiger partial charge >= 0.3 is 0 Å². The van der Waals surface area contributed by atoms with Gasteiger partial charge in [0.25, 0.3) is 0 Å². The van der Waals surface area contributed by atoms with Gasteiger partial charge in [0.1, 0.15) is 0 Å². The Balaban J connectivity index is 2.33. The molecule has 0 aliphatic carbocycles. The van der Waals surface area contributed by atoms with Gasteiger partial charge in [0.2, 0.25) is 10.0 Å². The van der Waals surface area contributed by atoms with Crippen LogP contribution in [0.3, 0.4) is 0 Å². The number of piperidine rings is 1. The van der Waals surface area contributed by atoms with Crippen LogP contribution in [-0.2, 0) is 10.0 Å². The van der Waals surface area contributed by atoms with Crippen LogP contribution in [0.15, 0.2) is 0 Å². The number of hydrogen-bond donors (Lipinski definition) is 2. The van der Waals surface area contributed by atoms with Crippen molar-refractivity contribution in [1.82, 2.24) is 9.62 Å². The van der Waals surface area contributed by atoms with E-state index < -0.39 is 10.0 Å². The summed E-state index contributed by atoms with van der Waals surface area (Å²) in [5, 5.41) is 12.5. The quantitative estimate of drug-likeness (QED) is 0.734. The number of nitrogens with one attached hydrogen (secondary N) is 1.